The van der Waals surface area contributed by atoms with Gasteiger partial charge in [0, 0.05) is 6.04 Å². The zero-order valence-electron chi connectivity index (χ0n) is 12.3. The quantitative estimate of drug-likeness (QED) is 0.793. The Morgan fingerprint density at radius 3 is 2.75 bits per heavy atom. The maximum Gasteiger partial charge on any atom is 0.260 e. The summed E-state index contributed by atoms with van der Waals surface area (Å²) < 4.78 is 5.17. The van der Waals surface area contributed by atoms with Crippen LogP contribution in [0.1, 0.15) is 60.8 Å². The van der Waals surface area contributed by atoms with E-state index >= 15 is 0 Å². The Morgan fingerprint density at radius 1 is 1.45 bits per heavy atom. The summed E-state index contributed by atoms with van der Waals surface area (Å²) in [6, 6.07) is 0.256. The molecule has 1 saturated carbocycles. The predicted octanol–water partition coefficient (Wildman–Crippen LogP) is 2.95. The first kappa shape index (κ1) is 14.6. The summed E-state index contributed by atoms with van der Waals surface area (Å²) in [4.78, 5) is 14.7. The van der Waals surface area contributed by atoms with Crippen molar-refractivity contribution in [3.63, 3.8) is 0 Å². The van der Waals surface area contributed by atoms with E-state index in [-0.39, 0.29) is 11.9 Å². The molecular formula is C16H22N2O2. The van der Waals surface area contributed by atoms with Gasteiger partial charge in [-0.3, -0.25) is 4.79 Å². The van der Waals surface area contributed by atoms with Crippen molar-refractivity contribution >= 4 is 5.91 Å². The van der Waals surface area contributed by atoms with Crippen molar-refractivity contribution in [2.75, 3.05) is 6.54 Å². The van der Waals surface area contributed by atoms with Gasteiger partial charge in [-0.2, -0.15) is 0 Å². The Balaban J connectivity index is 2.26. The highest BCUT2D eigenvalue weighted by Gasteiger charge is 2.29. The van der Waals surface area contributed by atoms with Crippen LogP contribution in [0.3, 0.4) is 0 Å². The normalized spacial score (nSPS) is 15.8. The van der Waals surface area contributed by atoms with Crippen molar-refractivity contribution in [3.05, 3.63) is 17.0 Å². The van der Waals surface area contributed by atoms with Gasteiger partial charge in [0.15, 0.2) is 0 Å². The summed E-state index contributed by atoms with van der Waals surface area (Å²) in [5, 5.41) is 3.97. The van der Waals surface area contributed by atoms with Gasteiger partial charge >= 0.3 is 0 Å². The van der Waals surface area contributed by atoms with Gasteiger partial charge in [0.05, 0.1) is 12.2 Å². The molecule has 0 atom stereocenters. The lowest BCUT2D eigenvalue weighted by molar-refractivity contribution is 0.0665. The summed E-state index contributed by atoms with van der Waals surface area (Å²) in [5.74, 6) is 3.18. The number of terminal acetylenes is 1. The molecule has 1 aliphatic rings. The van der Waals surface area contributed by atoms with Crippen molar-refractivity contribution in [2.45, 2.75) is 58.4 Å². The van der Waals surface area contributed by atoms with Crippen LogP contribution >= 0.6 is 0 Å². The van der Waals surface area contributed by atoms with Gasteiger partial charge in [-0.25, -0.2) is 0 Å². The van der Waals surface area contributed by atoms with Crippen molar-refractivity contribution in [3.8, 4) is 12.3 Å². The van der Waals surface area contributed by atoms with E-state index in [1.54, 1.807) is 6.92 Å². The fourth-order valence-corrected chi connectivity index (χ4v) is 2.93. The number of hydrogen-bond acceptors (Lipinski definition) is 3. The topological polar surface area (TPSA) is 46.3 Å². The van der Waals surface area contributed by atoms with Gasteiger partial charge in [-0.1, -0.05) is 37.3 Å². The van der Waals surface area contributed by atoms with Crippen LogP contribution in [-0.2, 0) is 6.42 Å². The molecule has 2 rings (SSSR count). The monoisotopic (exact) mass is 274 g/mol. The maximum atomic E-state index is 12.8. The summed E-state index contributed by atoms with van der Waals surface area (Å²) in [5.41, 5.74) is 1.33. The molecule has 0 unspecified atom stereocenters. The zero-order valence-corrected chi connectivity index (χ0v) is 12.3. The van der Waals surface area contributed by atoms with E-state index in [4.69, 9.17) is 10.9 Å². The van der Waals surface area contributed by atoms with Crippen molar-refractivity contribution in [1.82, 2.24) is 10.1 Å². The largest absolute Gasteiger partial charge is 0.361 e. The van der Waals surface area contributed by atoms with Crippen LogP contribution in [0.15, 0.2) is 4.52 Å². The van der Waals surface area contributed by atoms with E-state index in [1.165, 1.54) is 19.3 Å². The van der Waals surface area contributed by atoms with Gasteiger partial charge in [0.1, 0.15) is 11.3 Å². The smallest absolute Gasteiger partial charge is 0.260 e. The van der Waals surface area contributed by atoms with Gasteiger partial charge in [0.2, 0.25) is 0 Å². The molecule has 1 aliphatic carbocycles. The Bertz CT molecular complexity index is 507. The van der Waals surface area contributed by atoms with Crippen molar-refractivity contribution < 1.29 is 9.32 Å². The van der Waals surface area contributed by atoms with E-state index in [9.17, 15) is 4.79 Å². The molecule has 4 heteroatoms. The molecule has 0 spiro atoms. The highest BCUT2D eigenvalue weighted by molar-refractivity contribution is 5.96. The first-order valence-electron chi connectivity index (χ1n) is 7.38. The molecule has 4 nitrogen and oxygen atoms in total. The van der Waals surface area contributed by atoms with E-state index in [2.05, 4.69) is 11.1 Å². The summed E-state index contributed by atoms with van der Waals surface area (Å²) in [7, 11) is 0. The molecular weight excluding hydrogens is 252 g/mol. The van der Waals surface area contributed by atoms with Gasteiger partial charge < -0.3 is 9.42 Å². The average molecular weight is 274 g/mol. The number of aryl methyl sites for hydroxylation is 2. The third kappa shape index (κ3) is 2.87. The van der Waals surface area contributed by atoms with E-state index in [0.717, 1.165) is 18.5 Å². The fourth-order valence-electron chi connectivity index (χ4n) is 2.93. The molecule has 0 aromatic carbocycles. The zero-order chi connectivity index (χ0) is 14.5. The van der Waals surface area contributed by atoms with Crippen LogP contribution in [0.4, 0.5) is 0 Å². The second-order valence-electron chi connectivity index (χ2n) is 5.34. The number of carbonyl (C=O) groups excluding carboxylic acids is 1. The van der Waals surface area contributed by atoms with Crippen LogP contribution in [0.2, 0.25) is 0 Å². The molecule has 1 amide bonds. The average Bonchev–Trinajstić information content (AvgIpc) is 2.86. The van der Waals surface area contributed by atoms with Crippen LogP contribution in [0, 0.1) is 19.3 Å². The molecule has 0 aliphatic heterocycles. The molecule has 1 heterocycles. The molecule has 1 aromatic heterocycles. The van der Waals surface area contributed by atoms with E-state index in [1.807, 2.05) is 11.8 Å². The van der Waals surface area contributed by atoms with Gasteiger partial charge in [-0.15, -0.1) is 6.42 Å². The lowest BCUT2D eigenvalue weighted by Gasteiger charge is -2.33. The molecule has 0 saturated heterocycles. The Labute approximate surface area is 120 Å². The highest BCUT2D eigenvalue weighted by Crippen LogP contribution is 2.25. The number of carbonyl (C=O) groups is 1. The van der Waals surface area contributed by atoms with Gasteiger partial charge in [0.25, 0.3) is 5.91 Å². The Kier molecular flexibility index (Phi) is 4.84. The van der Waals surface area contributed by atoms with Crippen LogP contribution in [-0.4, -0.2) is 28.6 Å². The third-order valence-electron chi connectivity index (χ3n) is 4.02. The molecule has 0 N–H and O–H groups in total. The minimum atomic E-state index is -0.0227. The summed E-state index contributed by atoms with van der Waals surface area (Å²) in [6.45, 7) is 4.12. The lowest BCUT2D eigenvalue weighted by Crippen LogP contribution is -2.42. The van der Waals surface area contributed by atoms with Crippen LogP contribution < -0.4 is 0 Å². The second kappa shape index (κ2) is 6.60. The maximum absolute atomic E-state index is 12.8. The van der Waals surface area contributed by atoms with E-state index in [0.29, 0.717) is 24.3 Å². The number of rotatable bonds is 4. The van der Waals surface area contributed by atoms with Crippen LogP contribution in [0.5, 0.6) is 0 Å². The third-order valence-corrected chi connectivity index (χ3v) is 4.02. The molecule has 1 aromatic rings. The highest BCUT2D eigenvalue weighted by atomic mass is 16.5. The van der Waals surface area contributed by atoms with Crippen LogP contribution in [0.25, 0.3) is 0 Å². The Morgan fingerprint density at radius 2 is 2.15 bits per heavy atom. The summed E-state index contributed by atoms with van der Waals surface area (Å²) in [6.07, 6.45) is 11.8. The molecule has 1 fully saturated rings. The minimum Gasteiger partial charge on any atom is -0.361 e. The van der Waals surface area contributed by atoms with Crippen molar-refractivity contribution in [1.29, 1.82) is 0 Å². The SMILES string of the molecule is C#CCN(C(=O)c1c(CC)noc1C)C1CCCCC1. The second-order valence-corrected chi connectivity index (χ2v) is 5.34. The number of nitrogens with zero attached hydrogens (tertiary/aromatic N) is 2. The molecule has 0 radical (unpaired) electrons. The standard InChI is InChI=1S/C16H22N2O2/c1-4-11-18(13-9-7-6-8-10-13)16(19)15-12(3)20-17-14(15)5-2/h1,13H,5-11H2,2-3H3. The van der Waals surface area contributed by atoms with Gasteiger partial charge in [-0.05, 0) is 26.2 Å². The number of aromatic nitrogens is 1. The number of amides is 1. The minimum absolute atomic E-state index is 0.0227. The number of hydrogen-bond donors (Lipinski definition) is 0. The summed E-state index contributed by atoms with van der Waals surface area (Å²) >= 11 is 0. The van der Waals surface area contributed by atoms with E-state index < -0.39 is 0 Å². The lowest BCUT2D eigenvalue weighted by atomic mass is 9.93. The molecule has 0 bridgehead atoms. The Hall–Kier alpha value is -1.76. The first-order valence-corrected chi connectivity index (χ1v) is 7.38. The van der Waals surface area contributed by atoms with Crippen molar-refractivity contribution in [2.24, 2.45) is 0 Å². The molecule has 20 heavy (non-hydrogen) atoms. The molecule has 108 valence electrons. The fraction of sp³-hybridized carbons (Fsp3) is 0.625. The predicted molar refractivity (Wildman–Crippen MR) is 77.4 cm³/mol. The first-order chi connectivity index (χ1) is 9.69.